The second kappa shape index (κ2) is 5.48. The summed E-state index contributed by atoms with van der Waals surface area (Å²) < 4.78 is 0. The number of rotatable bonds is 3. The second-order valence-corrected chi connectivity index (χ2v) is 5.21. The maximum atomic E-state index is 12.0. The van der Waals surface area contributed by atoms with Gasteiger partial charge < -0.3 is 5.32 Å². The van der Waals surface area contributed by atoms with Crippen molar-refractivity contribution in [3.63, 3.8) is 0 Å². The number of nitrogens with one attached hydrogen (secondary N) is 1. The summed E-state index contributed by atoms with van der Waals surface area (Å²) in [6, 6.07) is 4.79. The van der Waals surface area contributed by atoms with E-state index in [4.69, 9.17) is 0 Å². The summed E-state index contributed by atoms with van der Waals surface area (Å²) in [5.41, 5.74) is 1.10. The molecule has 1 aromatic rings. The summed E-state index contributed by atoms with van der Waals surface area (Å²) in [7, 11) is 0. The average molecular weight is 247 g/mol. The molecule has 0 aromatic carbocycles. The smallest absolute Gasteiger partial charge is 0.239 e. The van der Waals surface area contributed by atoms with Crippen LogP contribution in [0.3, 0.4) is 0 Å². The molecule has 0 spiro atoms. The summed E-state index contributed by atoms with van der Waals surface area (Å²) in [6.07, 6.45) is 4.07. The number of carbonyl (C=O) groups excluding carboxylic acids is 1. The average Bonchev–Trinajstić information content (AvgIpc) is 2.61. The van der Waals surface area contributed by atoms with Crippen LogP contribution >= 0.6 is 0 Å². The Morgan fingerprint density at radius 1 is 1.44 bits per heavy atom. The van der Waals surface area contributed by atoms with E-state index in [9.17, 15) is 4.79 Å². The molecular weight excluding hydrogens is 226 g/mol. The lowest BCUT2D eigenvalue weighted by atomic mass is 10.2. The number of pyridine rings is 1. The van der Waals surface area contributed by atoms with Gasteiger partial charge in [-0.25, -0.2) is 4.98 Å². The number of anilines is 1. The number of carbonyl (C=O) groups is 1. The Bertz CT molecular complexity index is 423. The van der Waals surface area contributed by atoms with E-state index in [0.717, 1.165) is 5.56 Å². The Morgan fingerprint density at radius 2 is 2.11 bits per heavy atom. The van der Waals surface area contributed by atoms with E-state index in [1.54, 1.807) is 6.20 Å². The zero-order chi connectivity index (χ0) is 13.1. The summed E-state index contributed by atoms with van der Waals surface area (Å²) in [5, 5.41) is 2.86. The predicted molar refractivity (Wildman–Crippen MR) is 72.5 cm³/mol. The van der Waals surface area contributed by atoms with Crippen LogP contribution in [0, 0.1) is 6.92 Å². The zero-order valence-electron chi connectivity index (χ0n) is 11.3. The van der Waals surface area contributed by atoms with Crippen LogP contribution in [-0.2, 0) is 4.79 Å². The first-order valence-electron chi connectivity index (χ1n) is 6.54. The molecule has 1 aliphatic rings. The first kappa shape index (κ1) is 13.0. The van der Waals surface area contributed by atoms with Gasteiger partial charge in [0.15, 0.2) is 0 Å². The third-order valence-electron chi connectivity index (χ3n) is 3.64. The summed E-state index contributed by atoms with van der Waals surface area (Å²) in [4.78, 5) is 18.4. The highest BCUT2D eigenvalue weighted by Crippen LogP contribution is 2.22. The molecule has 1 N–H and O–H groups in total. The van der Waals surface area contributed by atoms with Gasteiger partial charge in [0, 0.05) is 18.3 Å². The minimum absolute atomic E-state index is 0.0219. The number of hydrogen-bond donors (Lipinski definition) is 1. The van der Waals surface area contributed by atoms with Crippen LogP contribution < -0.4 is 5.32 Å². The highest BCUT2D eigenvalue weighted by molar-refractivity contribution is 5.91. The molecule has 0 bridgehead atoms. The van der Waals surface area contributed by atoms with Crippen molar-refractivity contribution in [3.8, 4) is 0 Å². The Kier molecular flexibility index (Phi) is 3.97. The number of amides is 1. The quantitative estimate of drug-likeness (QED) is 0.890. The molecule has 2 rings (SSSR count). The third-order valence-corrected chi connectivity index (χ3v) is 3.64. The fraction of sp³-hybridized carbons (Fsp3) is 0.571. The number of hydrogen-bond acceptors (Lipinski definition) is 3. The van der Waals surface area contributed by atoms with Crippen molar-refractivity contribution in [1.82, 2.24) is 9.88 Å². The minimum Gasteiger partial charge on any atom is -0.310 e. The standard InChI is InChI=1S/C14H21N3O/c1-10-6-7-15-13(8-10)16-14(18)9-17-11(2)4-5-12(17)3/h6-8,11-12H,4-5,9H2,1-3H3,(H,15,16,18). The fourth-order valence-electron chi connectivity index (χ4n) is 2.51. The van der Waals surface area contributed by atoms with E-state index in [-0.39, 0.29) is 5.91 Å². The molecule has 18 heavy (non-hydrogen) atoms. The maximum absolute atomic E-state index is 12.0. The molecule has 2 heterocycles. The van der Waals surface area contributed by atoms with Gasteiger partial charge in [-0.15, -0.1) is 0 Å². The van der Waals surface area contributed by atoms with E-state index < -0.39 is 0 Å². The molecule has 0 radical (unpaired) electrons. The second-order valence-electron chi connectivity index (χ2n) is 5.21. The normalized spacial score (nSPS) is 24.2. The highest BCUT2D eigenvalue weighted by atomic mass is 16.2. The molecule has 1 aromatic heterocycles. The van der Waals surface area contributed by atoms with E-state index in [1.807, 2.05) is 19.1 Å². The van der Waals surface area contributed by atoms with Crippen LogP contribution in [-0.4, -0.2) is 34.4 Å². The SMILES string of the molecule is Cc1ccnc(NC(=O)CN2C(C)CCC2C)c1. The van der Waals surface area contributed by atoms with Gasteiger partial charge in [0.25, 0.3) is 0 Å². The summed E-state index contributed by atoms with van der Waals surface area (Å²) in [5.74, 6) is 0.660. The molecule has 1 aliphatic heterocycles. The first-order valence-corrected chi connectivity index (χ1v) is 6.54. The van der Waals surface area contributed by atoms with Gasteiger partial charge in [-0.05, 0) is 51.3 Å². The molecule has 1 saturated heterocycles. The van der Waals surface area contributed by atoms with Gasteiger partial charge >= 0.3 is 0 Å². The van der Waals surface area contributed by atoms with Crippen molar-refractivity contribution in [2.75, 3.05) is 11.9 Å². The van der Waals surface area contributed by atoms with E-state index >= 15 is 0 Å². The van der Waals surface area contributed by atoms with Crippen LogP contribution in [0.2, 0.25) is 0 Å². The molecule has 4 heteroatoms. The molecule has 2 unspecified atom stereocenters. The van der Waals surface area contributed by atoms with Crippen LogP contribution in [0.15, 0.2) is 18.3 Å². The van der Waals surface area contributed by atoms with Crippen molar-refractivity contribution < 1.29 is 4.79 Å². The molecular formula is C14H21N3O. The van der Waals surface area contributed by atoms with Gasteiger partial charge in [0.2, 0.25) is 5.91 Å². The summed E-state index contributed by atoms with van der Waals surface area (Å²) in [6.45, 7) is 6.81. The lowest BCUT2D eigenvalue weighted by molar-refractivity contribution is -0.117. The van der Waals surface area contributed by atoms with Crippen molar-refractivity contribution in [3.05, 3.63) is 23.9 Å². The summed E-state index contributed by atoms with van der Waals surface area (Å²) >= 11 is 0. The molecule has 98 valence electrons. The molecule has 0 saturated carbocycles. The number of aryl methyl sites for hydroxylation is 1. The van der Waals surface area contributed by atoms with Gasteiger partial charge in [0.05, 0.1) is 6.54 Å². The minimum atomic E-state index is 0.0219. The van der Waals surface area contributed by atoms with E-state index in [2.05, 4.69) is 29.0 Å². The monoisotopic (exact) mass is 247 g/mol. The van der Waals surface area contributed by atoms with Crippen molar-refractivity contribution >= 4 is 11.7 Å². The molecule has 4 nitrogen and oxygen atoms in total. The van der Waals surface area contributed by atoms with Gasteiger partial charge in [-0.1, -0.05) is 0 Å². The Morgan fingerprint density at radius 3 is 2.72 bits per heavy atom. The Balaban J connectivity index is 1.93. The topological polar surface area (TPSA) is 45.2 Å². The largest absolute Gasteiger partial charge is 0.310 e. The maximum Gasteiger partial charge on any atom is 0.239 e. The molecule has 1 amide bonds. The third kappa shape index (κ3) is 3.07. The van der Waals surface area contributed by atoms with Crippen LogP contribution in [0.4, 0.5) is 5.82 Å². The van der Waals surface area contributed by atoms with Crippen molar-refractivity contribution in [1.29, 1.82) is 0 Å². The number of nitrogens with zero attached hydrogens (tertiary/aromatic N) is 2. The van der Waals surface area contributed by atoms with Gasteiger partial charge in [0.1, 0.15) is 5.82 Å². The molecule has 2 atom stereocenters. The Hall–Kier alpha value is -1.42. The van der Waals surface area contributed by atoms with E-state index in [1.165, 1.54) is 12.8 Å². The molecule has 0 aliphatic carbocycles. The highest BCUT2D eigenvalue weighted by Gasteiger charge is 2.28. The van der Waals surface area contributed by atoms with Gasteiger partial charge in [-0.2, -0.15) is 0 Å². The van der Waals surface area contributed by atoms with E-state index in [0.29, 0.717) is 24.4 Å². The molecule has 1 fully saturated rings. The predicted octanol–water partition coefficient (Wildman–Crippen LogP) is 2.20. The van der Waals surface area contributed by atoms with Crippen molar-refractivity contribution in [2.24, 2.45) is 0 Å². The Labute approximate surface area is 108 Å². The van der Waals surface area contributed by atoms with Gasteiger partial charge in [-0.3, -0.25) is 9.69 Å². The number of aromatic nitrogens is 1. The van der Waals surface area contributed by atoms with Crippen LogP contribution in [0.5, 0.6) is 0 Å². The van der Waals surface area contributed by atoms with Crippen molar-refractivity contribution in [2.45, 2.75) is 45.7 Å². The first-order chi connectivity index (χ1) is 8.56. The fourth-order valence-corrected chi connectivity index (χ4v) is 2.51. The number of likely N-dealkylation sites (tertiary alicyclic amines) is 1. The van der Waals surface area contributed by atoms with Crippen LogP contribution in [0.1, 0.15) is 32.3 Å². The zero-order valence-corrected chi connectivity index (χ0v) is 11.3. The lowest BCUT2D eigenvalue weighted by Gasteiger charge is -2.24. The lowest BCUT2D eigenvalue weighted by Crippen LogP contribution is -2.39. The van der Waals surface area contributed by atoms with Crippen LogP contribution in [0.25, 0.3) is 0 Å².